The van der Waals surface area contributed by atoms with Crippen LogP contribution in [0.25, 0.3) is 82.4 Å². The molecule has 0 radical (unpaired) electrons. The molecule has 0 saturated carbocycles. The van der Waals surface area contributed by atoms with Crippen LogP contribution in [0.4, 0.5) is 0 Å². The summed E-state index contributed by atoms with van der Waals surface area (Å²) in [5.41, 5.74) is 11.0. The Balaban J connectivity index is 1.02. The van der Waals surface area contributed by atoms with Crippen LogP contribution in [0.15, 0.2) is 176 Å². The van der Waals surface area contributed by atoms with Crippen LogP contribution in [0, 0.1) is 0 Å². The molecule has 1 nitrogen and oxygen atoms in total. The molecule has 9 aromatic rings. The highest BCUT2D eigenvalue weighted by Crippen LogP contribution is 2.36. The van der Waals surface area contributed by atoms with E-state index in [4.69, 9.17) is 0 Å². The van der Waals surface area contributed by atoms with Crippen LogP contribution in [0.1, 0.15) is 0 Å². The Morgan fingerprint density at radius 2 is 0.756 bits per heavy atom. The number of benzene rings is 8. The van der Waals surface area contributed by atoms with Crippen molar-refractivity contribution < 1.29 is 0 Å². The molecule has 0 aliphatic carbocycles. The summed E-state index contributed by atoms with van der Waals surface area (Å²) in [6.07, 6.45) is 0. The van der Waals surface area contributed by atoms with E-state index < -0.39 is 0 Å². The molecule has 0 bridgehead atoms. The van der Waals surface area contributed by atoms with E-state index in [1.165, 1.54) is 82.4 Å². The molecule has 0 aliphatic heterocycles. The molecular formula is C44H29N. The van der Waals surface area contributed by atoms with Gasteiger partial charge in [0.1, 0.15) is 0 Å². The fourth-order valence-electron chi connectivity index (χ4n) is 6.91. The van der Waals surface area contributed by atoms with Crippen LogP contribution in [0.2, 0.25) is 0 Å². The SMILES string of the molecule is c1ccc(-n2c3ccccc3c3cc(-c4ccc(-c5ccc(-c6ccc7c(ccc8ccccc87)c6)cc5)cc4)ccc32)cc1. The molecule has 0 amide bonds. The lowest BCUT2D eigenvalue weighted by atomic mass is 9.95. The normalized spacial score (nSPS) is 11.6. The Kier molecular flexibility index (Phi) is 5.89. The summed E-state index contributed by atoms with van der Waals surface area (Å²) < 4.78 is 2.36. The Morgan fingerprint density at radius 3 is 1.49 bits per heavy atom. The van der Waals surface area contributed by atoms with E-state index in [2.05, 4.69) is 180 Å². The molecule has 0 aliphatic rings. The zero-order valence-corrected chi connectivity index (χ0v) is 24.7. The first-order chi connectivity index (χ1) is 22.3. The summed E-state index contributed by atoms with van der Waals surface area (Å²) in [5, 5.41) is 7.70. The highest BCUT2D eigenvalue weighted by molar-refractivity contribution is 6.11. The Bertz CT molecular complexity index is 2500. The van der Waals surface area contributed by atoms with Gasteiger partial charge in [-0.3, -0.25) is 0 Å². The predicted molar refractivity (Wildman–Crippen MR) is 192 cm³/mol. The van der Waals surface area contributed by atoms with Crippen molar-refractivity contribution in [1.29, 1.82) is 0 Å². The molecule has 0 saturated heterocycles. The summed E-state index contributed by atoms with van der Waals surface area (Å²) >= 11 is 0. The molecule has 1 heterocycles. The van der Waals surface area contributed by atoms with Crippen LogP contribution in [0.5, 0.6) is 0 Å². The summed E-state index contributed by atoms with van der Waals surface area (Å²) in [6, 6.07) is 63.9. The van der Waals surface area contributed by atoms with Crippen LogP contribution in [0.3, 0.4) is 0 Å². The van der Waals surface area contributed by atoms with Crippen molar-refractivity contribution in [3.63, 3.8) is 0 Å². The zero-order valence-electron chi connectivity index (χ0n) is 24.7. The number of hydrogen-bond donors (Lipinski definition) is 0. The number of para-hydroxylation sites is 2. The molecule has 45 heavy (non-hydrogen) atoms. The van der Waals surface area contributed by atoms with Crippen molar-refractivity contribution in [2.24, 2.45) is 0 Å². The highest BCUT2D eigenvalue weighted by atomic mass is 15.0. The maximum atomic E-state index is 2.36. The van der Waals surface area contributed by atoms with E-state index in [9.17, 15) is 0 Å². The average molecular weight is 572 g/mol. The molecule has 0 fully saturated rings. The minimum Gasteiger partial charge on any atom is -0.309 e. The van der Waals surface area contributed by atoms with Crippen molar-refractivity contribution in [2.75, 3.05) is 0 Å². The maximum Gasteiger partial charge on any atom is 0.0541 e. The Morgan fingerprint density at radius 1 is 0.267 bits per heavy atom. The van der Waals surface area contributed by atoms with Gasteiger partial charge in [-0.05, 0) is 91.3 Å². The van der Waals surface area contributed by atoms with Gasteiger partial charge in [-0.1, -0.05) is 140 Å². The van der Waals surface area contributed by atoms with E-state index in [-0.39, 0.29) is 0 Å². The van der Waals surface area contributed by atoms with Gasteiger partial charge in [0.15, 0.2) is 0 Å². The van der Waals surface area contributed by atoms with Gasteiger partial charge >= 0.3 is 0 Å². The molecule has 9 rings (SSSR count). The fraction of sp³-hybridized carbons (Fsp3) is 0. The highest BCUT2D eigenvalue weighted by Gasteiger charge is 2.13. The number of hydrogen-bond acceptors (Lipinski definition) is 0. The third kappa shape index (κ3) is 4.32. The van der Waals surface area contributed by atoms with Crippen LogP contribution in [-0.4, -0.2) is 4.57 Å². The number of aromatic nitrogens is 1. The second-order valence-electron chi connectivity index (χ2n) is 11.8. The van der Waals surface area contributed by atoms with Gasteiger partial charge in [0.2, 0.25) is 0 Å². The van der Waals surface area contributed by atoms with E-state index in [1.54, 1.807) is 0 Å². The van der Waals surface area contributed by atoms with Gasteiger partial charge in [0.25, 0.3) is 0 Å². The first-order valence-corrected chi connectivity index (χ1v) is 15.5. The lowest BCUT2D eigenvalue weighted by Gasteiger charge is -2.09. The van der Waals surface area contributed by atoms with Gasteiger partial charge in [-0.15, -0.1) is 0 Å². The monoisotopic (exact) mass is 571 g/mol. The molecular weight excluding hydrogens is 542 g/mol. The van der Waals surface area contributed by atoms with E-state index in [0.717, 1.165) is 0 Å². The van der Waals surface area contributed by atoms with Gasteiger partial charge in [0.05, 0.1) is 11.0 Å². The minimum atomic E-state index is 1.18. The molecule has 0 unspecified atom stereocenters. The van der Waals surface area contributed by atoms with Gasteiger partial charge in [-0.2, -0.15) is 0 Å². The molecule has 8 aromatic carbocycles. The van der Waals surface area contributed by atoms with E-state index >= 15 is 0 Å². The van der Waals surface area contributed by atoms with E-state index in [1.807, 2.05) is 0 Å². The third-order valence-corrected chi connectivity index (χ3v) is 9.20. The second-order valence-corrected chi connectivity index (χ2v) is 11.8. The lowest BCUT2D eigenvalue weighted by molar-refractivity contribution is 1.18. The second kappa shape index (κ2) is 10.4. The third-order valence-electron chi connectivity index (χ3n) is 9.20. The Hall–Kier alpha value is -5.92. The van der Waals surface area contributed by atoms with E-state index in [0.29, 0.717) is 0 Å². The maximum absolute atomic E-state index is 2.36. The molecule has 0 spiro atoms. The average Bonchev–Trinajstić information content (AvgIpc) is 3.45. The number of nitrogens with zero attached hydrogens (tertiary/aromatic N) is 1. The first kappa shape index (κ1) is 25.6. The smallest absolute Gasteiger partial charge is 0.0541 e. The summed E-state index contributed by atoms with van der Waals surface area (Å²) in [7, 11) is 0. The van der Waals surface area contributed by atoms with Crippen molar-refractivity contribution in [3.05, 3.63) is 176 Å². The topological polar surface area (TPSA) is 4.93 Å². The molecule has 1 aromatic heterocycles. The van der Waals surface area contributed by atoms with Crippen LogP contribution in [-0.2, 0) is 0 Å². The molecule has 0 atom stereocenters. The number of rotatable bonds is 4. The van der Waals surface area contributed by atoms with Crippen LogP contribution < -0.4 is 0 Å². The van der Waals surface area contributed by atoms with Crippen molar-refractivity contribution in [1.82, 2.24) is 4.57 Å². The van der Waals surface area contributed by atoms with Gasteiger partial charge in [0, 0.05) is 16.5 Å². The quantitative estimate of drug-likeness (QED) is 0.185. The van der Waals surface area contributed by atoms with Gasteiger partial charge < -0.3 is 4.57 Å². The standard InChI is InChI=1S/C44H29N/c1-2-9-38(10-3-1)45-43-13-7-6-12-41(43)42-29-36(25-27-44(42)45)33-20-16-31(17-21-33)30-14-18-32(19-15-30)35-24-26-40-37(28-35)23-22-34-8-4-5-11-39(34)40/h1-29H. The summed E-state index contributed by atoms with van der Waals surface area (Å²) in [5.74, 6) is 0. The minimum absolute atomic E-state index is 1.18. The molecule has 0 N–H and O–H groups in total. The van der Waals surface area contributed by atoms with Gasteiger partial charge in [-0.25, -0.2) is 0 Å². The van der Waals surface area contributed by atoms with Crippen molar-refractivity contribution in [2.45, 2.75) is 0 Å². The predicted octanol–water partition coefficient (Wildman–Crippen LogP) is 12.1. The summed E-state index contributed by atoms with van der Waals surface area (Å²) in [6.45, 7) is 0. The van der Waals surface area contributed by atoms with Crippen LogP contribution >= 0.6 is 0 Å². The first-order valence-electron chi connectivity index (χ1n) is 15.5. The van der Waals surface area contributed by atoms with Crippen molar-refractivity contribution in [3.8, 4) is 39.1 Å². The summed E-state index contributed by atoms with van der Waals surface area (Å²) in [4.78, 5) is 0. The van der Waals surface area contributed by atoms with Crippen molar-refractivity contribution >= 4 is 43.4 Å². The Labute approximate surface area is 262 Å². The number of fused-ring (bicyclic) bond motifs is 6. The molecule has 210 valence electrons. The lowest BCUT2D eigenvalue weighted by Crippen LogP contribution is -1.92. The largest absolute Gasteiger partial charge is 0.309 e. The fourth-order valence-corrected chi connectivity index (χ4v) is 6.91. The zero-order chi connectivity index (χ0) is 29.7. The molecule has 1 heteroatoms.